The van der Waals surface area contributed by atoms with Gasteiger partial charge in [-0.1, -0.05) is 26.0 Å². The minimum atomic E-state index is -0.518. The Bertz CT molecular complexity index is 714. The molecule has 5 nitrogen and oxygen atoms in total. The number of hydrogen-bond acceptors (Lipinski definition) is 3. The highest BCUT2D eigenvalue weighted by Gasteiger charge is 2.08. The van der Waals surface area contributed by atoms with Crippen LogP contribution in [0.25, 0.3) is 0 Å². The van der Waals surface area contributed by atoms with Crippen molar-refractivity contribution in [2.75, 3.05) is 17.2 Å². The van der Waals surface area contributed by atoms with Gasteiger partial charge in [0.1, 0.15) is 0 Å². The zero-order chi connectivity index (χ0) is 17.5. The van der Waals surface area contributed by atoms with E-state index in [1.54, 1.807) is 50.2 Å². The third-order valence-corrected chi connectivity index (χ3v) is 3.16. The van der Waals surface area contributed by atoms with Gasteiger partial charge in [-0.15, -0.1) is 0 Å². The molecule has 0 aromatic heterocycles. The summed E-state index contributed by atoms with van der Waals surface area (Å²) in [5.74, 6) is -1.09. The first-order valence-electron chi connectivity index (χ1n) is 7.54. The monoisotopic (exact) mass is 330 g/mol. The molecule has 2 aromatic rings. The summed E-state index contributed by atoms with van der Waals surface area (Å²) in [6, 6.07) is 12.6. The molecule has 0 fully saturated rings. The van der Waals surface area contributed by atoms with Gasteiger partial charge >= 0.3 is 0 Å². The van der Waals surface area contributed by atoms with Crippen molar-refractivity contribution in [3.05, 3.63) is 54.3 Å². The molecule has 0 unspecified atom stereocenters. The fourth-order valence-electron chi connectivity index (χ4n) is 1.83. The molecule has 6 heteroatoms. The number of anilines is 2. The minimum Gasteiger partial charge on any atom is -0.481 e. The van der Waals surface area contributed by atoms with E-state index >= 15 is 0 Å². The smallest absolute Gasteiger partial charge is 0.262 e. The second-order valence-electron chi connectivity index (χ2n) is 5.49. The van der Waals surface area contributed by atoms with Gasteiger partial charge in [-0.25, -0.2) is 4.39 Å². The maximum absolute atomic E-state index is 13.4. The van der Waals surface area contributed by atoms with Crippen molar-refractivity contribution >= 4 is 23.2 Å². The Morgan fingerprint density at radius 3 is 2.17 bits per heavy atom. The minimum absolute atomic E-state index is 0.0272. The van der Waals surface area contributed by atoms with Crippen LogP contribution < -0.4 is 15.4 Å². The number of rotatable bonds is 6. The summed E-state index contributed by atoms with van der Waals surface area (Å²) < 4.78 is 18.5. The predicted molar refractivity (Wildman–Crippen MR) is 90.4 cm³/mol. The van der Waals surface area contributed by atoms with Gasteiger partial charge in [0.2, 0.25) is 5.91 Å². The standard InChI is InChI=1S/C18H19FN2O3/c1-12(2)18(23)21-14-9-7-13(8-10-14)20-17(22)11-24-16-6-4-3-5-15(16)19/h3-10,12H,11H2,1-2H3,(H,20,22)(H,21,23). The molecular formula is C18H19FN2O3. The largest absolute Gasteiger partial charge is 0.481 e. The topological polar surface area (TPSA) is 67.4 Å². The molecule has 0 aliphatic carbocycles. The van der Waals surface area contributed by atoms with Gasteiger partial charge in [0, 0.05) is 17.3 Å². The number of hydrogen-bond donors (Lipinski definition) is 2. The fourth-order valence-corrected chi connectivity index (χ4v) is 1.83. The number of carbonyl (C=O) groups excluding carboxylic acids is 2. The molecule has 0 atom stereocenters. The van der Waals surface area contributed by atoms with E-state index in [4.69, 9.17) is 4.74 Å². The van der Waals surface area contributed by atoms with Crippen LogP contribution >= 0.6 is 0 Å². The summed E-state index contributed by atoms with van der Waals surface area (Å²) in [6.45, 7) is 3.31. The van der Waals surface area contributed by atoms with E-state index in [1.807, 2.05) is 0 Å². The van der Waals surface area contributed by atoms with E-state index in [2.05, 4.69) is 10.6 Å². The lowest BCUT2D eigenvalue weighted by molar-refractivity contribution is -0.119. The SMILES string of the molecule is CC(C)C(=O)Nc1ccc(NC(=O)COc2ccccc2F)cc1. The predicted octanol–water partition coefficient (Wildman–Crippen LogP) is 3.44. The van der Waals surface area contributed by atoms with Crippen molar-refractivity contribution in [1.82, 2.24) is 0 Å². The quantitative estimate of drug-likeness (QED) is 0.852. The van der Waals surface area contributed by atoms with E-state index in [0.717, 1.165) is 0 Å². The third kappa shape index (κ3) is 5.08. The summed E-state index contributed by atoms with van der Waals surface area (Å²) in [5, 5.41) is 5.39. The van der Waals surface area contributed by atoms with Crippen LogP contribution in [0.2, 0.25) is 0 Å². The Morgan fingerprint density at radius 1 is 1.00 bits per heavy atom. The number of ether oxygens (including phenoxy) is 1. The normalized spacial score (nSPS) is 10.3. The van der Waals surface area contributed by atoms with Crippen molar-refractivity contribution in [2.24, 2.45) is 5.92 Å². The number of carbonyl (C=O) groups is 2. The van der Waals surface area contributed by atoms with Crippen molar-refractivity contribution < 1.29 is 18.7 Å². The number of halogens is 1. The molecule has 0 bridgehead atoms. The van der Waals surface area contributed by atoms with Crippen LogP contribution in [-0.4, -0.2) is 18.4 Å². The molecule has 2 aromatic carbocycles. The zero-order valence-electron chi connectivity index (χ0n) is 13.5. The van der Waals surface area contributed by atoms with E-state index < -0.39 is 11.7 Å². The van der Waals surface area contributed by atoms with Crippen molar-refractivity contribution in [2.45, 2.75) is 13.8 Å². The van der Waals surface area contributed by atoms with Gasteiger partial charge in [0.25, 0.3) is 5.91 Å². The van der Waals surface area contributed by atoms with Gasteiger partial charge in [0.15, 0.2) is 18.2 Å². The lowest BCUT2D eigenvalue weighted by Gasteiger charge is -2.10. The average molecular weight is 330 g/mol. The third-order valence-electron chi connectivity index (χ3n) is 3.16. The highest BCUT2D eigenvalue weighted by Crippen LogP contribution is 2.16. The molecule has 24 heavy (non-hydrogen) atoms. The lowest BCUT2D eigenvalue weighted by Crippen LogP contribution is -2.20. The molecule has 0 aliphatic heterocycles. The molecule has 0 radical (unpaired) electrons. The van der Waals surface area contributed by atoms with Crippen LogP contribution in [0.15, 0.2) is 48.5 Å². The first kappa shape index (κ1) is 17.5. The number of benzene rings is 2. The van der Waals surface area contributed by atoms with Gasteiger partial charge < -0.3 is 15.4 Å². The molecule has 2 N–H and O–H groups in total. The van der Waals surface area contributed by atoms with Crippen LogP contribution in [0, 0.1) is 11.7 Å². The summed E-state index contributed by atoms with van der Waals surface area (Å²) in [5.41, 5.74) is 1.20. The summed E-state index contributed by atoms with van der Waals surface area (Å²) in [6.07, 6.45) is 0. The van der Waals surface area contributed by atoms with Crippen LogP contribution in [0.4, 0.5) is 15.8 Å². The first-order valence-corrected chi connectivity index (χ1v) is 7.54. The Morgan fingerprint density at radius 2 is 1.58 bits per heavy atom. The molecule has 0 heterocycles. The van der Waals surface area contributed by atoms with Gasteiger partial charge in [-0.3, -0.25) is 9.59 Å². The molecule has 0 saturated carbocycles. The molecule has 0 spiro atoms. The second-order valence-corrected chi connectivity index (χ2v) is 5.49. The Kier molecular flexibility index (Phi) is 5.89. The molecule has 2 rings (SSSR count). The average Bonchev–Trinajstić information content (AvgIpc) is 2.56. The highest BCUT2D eigenvalue weighted by molar-refractivity contribution is 5.94. The summed E-state index contributed by atoms with van der Waals surface area (Å²) in [4.78, 5) is 23.4. The van der Waals surface area contributed by atoms with Gasteiger partial charge in [-0.05, 0) is 36.4 Å². The van der Waals surface area contributed by atoms with Crippen LogP contribution in [0.1, 0.15) is 13.8 Å². The highest BCUT2D eigenvalue weighted by atomic mass is 19.1. The molecule has 126 valence electrons. The van der Waals surface area contributed by atoms with Crippen molar-refractivity contribution in [3.63, 3.8) is 0 Å². The lowest BCUT2D eigenvalue weighted by atomic mass is 10.2. The second kappa shape index (κ2) is 8.10. The van der Waals surface area contributed by atoms with Crippen molar-refractivity contribution in [3.8, 4) is 5.75 Å². The summed E-state index contributed by atoms with van der Waals surface area (Å²) >= 11 is 0. The molecule has 0 saturated heterocycles. The van der Waals surface area contributed by atoms with Crippen LogP contribution in [0.5, 0.6) is 5.75 Å². The number of nitrogens with one attached hydrogen (secondary N) is 2. The van der Waals surface area contributed by atoms with Crippen LogP contribution in [0.3, 0.4) is 0 Å². The van der Waals surface area contributed by atoms with Crippen LogP contribution in [-0.2, 0) is 9.59 Å². The van der Waals surface area contributed by atoms with Gasteiger partial charge in [-0.2, -0.15) is 0 Å². The number of amides is 2. The molecule has 2 amide bonds. The maximum atomic E-state index is 13.4. The Hall–Kier alpha value is -2.89. The van der Waals surface area contributed by atoms with E-state index in [-0.39, 0.29) is 24.2 Å². The number of para-hydroxylation sites is 1. The Balaban J connectivity index is 1.86. The zero-order valence-corrected chi connectivity index (χ0v) is 13.5. The Labute approximate surface area is 139 Å². The maximum Gasteiger partial charge on any atom is 0.262 e. The van der Waals surface area contributed by atoms with Crippen molar-refractivity contribution in [1.29, 1.82) is 0 Å². The van der Waals surface area contributed by atoms with E-state index in [9.17, 15) is 14.0 Å². The molecule has 0 aliphatic rings. The van der Waals surface area contributed by atoms with Gasteiger partial charge in [0.05, 0.1) is 0 Å². The summed E-state index contributed by atoms with van der Waals surface area (Å²) in [7, 11) is 0. The fraction of sp³-hybridized carbons (Fsp3) is 0.222. The first-order chi connectivity index (χ1) is 11.5. The molecular weight excluding hydrogens is 311 g/mol. The van der Waals surface area contributed by atoms with E-state index in [1.165, 1.54) is 12.1 Å². The van der Waals surface area contributed by atoms with E-state index in [0.29, 0.717) is 11.4 Å².